The minimum Gasteiger partial charge on any atom is -0.472 e. The highest BCUT2D eigenvalue weighted by Gasteiger charge is 2.27. The van der Waals surface area contributed by atoms with Gasteiger partial charge in [0, 0.05) is 44.9 Å². The van der Waals surface area contributed by atoms with E-state index in [-0.39, 0.29) is 17.9 Å². The molecule has 2 fully saturated rings. The molecule has 0 radical (unpaired) electrons. The van der Waals surface area contributed by atoms with Gasteiger partial charge in [-0.25, -0.2) is 4.98 Å². The summed E-state index contributed by atoms with van der Waals surface area (Å²) in [6, 6.07) is 6.77. The molecule has 0 saturated carbocycles. The van der Waals surface area contributed by atoms with Crippen LogP contribution in [0.5, 0.6) is 5.88 Å². The van der Waals surface area contributed by atoms with Gasteiger partial charge < -0.3 is 23.7 Å². The van der Waals surface area contributed by atoms with Crippen LogP contribution in [0.3, 0.4) is 0 Å². The first kappa shape index (κ1) is 17.5. The minimum atomic E-state index is -0.147. The van der Waals surface area contributed by atoms with E-state index in [9.17, 15) is 9.59 Å². The van der Waals surface area contributed by atoms with Crippen molar-refractivity contribution in [2.24, 2.45) is 0 Å². The molecule has 4 rings (SSSR count). The number of rotatable bonds is 4. The smallest absolute Gasteiger partial charge is 0.289 e. The van der Waals surface area contributed by atoms with Gasteiger partial charge in [0.2, 0.25) is 5.88 Å². The lowest BCUT2D eigenvalue weighted by Gasteiger charge is -2.34. The number of amides is 2. The molecule has 0 spiro atoms. The number of piperazine rings is 1. The molecule has 4 heterocycles. The van der Waals surface area contributed by atoms with Crippen molar-refractivity contribution in [2.75, 3.05) is 39.4 Å². The number of nitrogens with zero attached hydrogens (tertiary/aromatic N) is 3. The third-order valence-corrected chi connectivity index (χ3v) is 4.74. The molecule has 2 saturated heterocycles. The molecule has 1 unspecified atom stereocenters. The fraction of sp³-hybridized carbons (Fsp3) is 0.421. The van der Waals surface area contributed by atoms with E-state index in [2.05, 4.69) is 4.98 Å². The predicted octanol–water partition coefficient (Wildman–Crippen LogP) is 1.44. The average molecular weight is 371 g/mol. The first-order chi connectivity index (χ1) is 13.2. The van der Waals surface area contributed by atoms with Crippen molar-refractivity contribution in [3.8, 4) is 5.88 Å². The maximum absolute atomic E-state index is 12.7. The first-order valence-electron chi connectivity index (χ1n) is 9.03. The molecule has 1 atom stereocenters. The van der Waals surface area contributed by atoms with Gasteiger partial charge >= 0.3 is 0 Å². The van der Waals surface area contributed by atoms with Crippen LogP contribution in [-0.4, -0.2) is 72.1 Å². The quantitative estimate of drug-likeness (QED) is 0.809. The van der Waals surface area contributed by atoms with Gasteiger partial charge in [0.15, 0.2) is 5.76 Å². The van der Waals surface area contributed by atoms with Crippen LogP contribution in [0.1, 0.15) is 27.3 Å². The van der Waals surface area contributed by atoms with Crippen molar-refractivity contribution in [1.82, 2.24) is 14.8 Å². The molecule has 0 bridgehead atoms. The molecule has 2 aliphatic rings. The van der Waals surface area contributed by atoms with E-state index in [0.29, 0.717) is 56.6 Å². The average Bonchev–Trinajstić information content (AvgIpc) is 3.42. The number of hydrogen-bond acceptors (Lipinski definition) is 6. The van der Waals surface area contributed by atoms with E-state index in [1.54, 1.807) is 34.1 Å². The van der Waals surface area contributed by atoms with E-state index in [0.717, 1.165) is 6.42 Å². The number of furan rings is 1. The summed E-state index contributed by atoms with van der Waals surface area (Å²) in [4.78, 5) is 32.6. The van der Waals surface area contributed by atoms with Gasteiger partial charge in [0.25, 0.3) is 11.8 Å². The molecular formula is C19H21N3O5. The summed E-state index contributed by atoms with van der Waals surface area (Å²) in [5.74, 6) is 0.577. The normalized spacial score (nSPS) is 19.9. The van der Waals surface area contributed by atoms with Crippen molar-refractivity contribution in [3.63, 3.8) is 0 Å². The van der Waals surface area contributed by atoms with E-state index in [1.165, 1.54) is 12.5 Å². The predicted molar refractivity (Wildman–Crippen MR) is 94.6 cm³/mol. The Labute approximate surface area is 156 Å². The summed E-state index contributed by atoms with van der Waals surface area (Å²) in [5, 5.41) is 0. The third-order valence-electron chi connectivity index (χ3n) is 4.74. The van der Waals surface area contributed by atoms with Gasteiger partial charge in [-0.05, 0) is 18.2 Å². The van der Waals surface area contributed by atoms with Crippen LogP contribution < -0.4 is 4.74 Å². The minimum absolute atomic E-state index is 0.0267. The molecule has 2 amide bonds. The molecular weight excluding hydrogens is 350 g/mol. The summed E-state index contributed by atoms with van der Waals surface area (Å²) < 4.78 is 16.1. The van der Waals surface area contributed by atoms with Crippen LogP contribution in [0.25, 0.3) is 0 Å². The number of aromatic nitrogens is 1. The largest absolute Gasteiger partial charge is 0.472 e. The second kappa shape index (κ2) is 7.79. The van der Waals surface area contributed by atoms with Gasteiger partial charge in [-0.15, -0.1) is 0 Å². The number of pyridine rings is 1. The summed E-state index contributed by atoms with van der Waals surface area (Å²) >= 11 is 0. The maximum atomic E-state index is 12.7. The fourth-order valence-corrected chi connectivity index (χ4v) is 3.20. The molecule has 27 heavy (non-hydrogen) atoms. The second-order valence-electron chi connectivity index (χ2n) is 6.55. The number of hydrogen-bond donors (Lipinski definition) is 0. The zero-order valence-electron chi connectivity index (χ0n) is 14.9. The highest BCUT2D eigenvalue weighted by Crippen LogP contribution is 2.16. The van der Waals surface area contributed by atoms with E-state index in [1.807, 2.05) is 0 Å². The van der Waals surface area contributed by atoms with Crippen LogP contribution in [0, 0.1) is 0 Å². The Morgan fingerprint density at radius 1 is 1.07 bits per heavy atom. The van der Waals surface area contributed by atoms with Crippen LogP contribution in [0.15, 0.2) is 41.1 Å². The van der Waals surface area contributed by atoms with Crippen molar-refractivity contribution < 1.29 is 23.5 Å². The highest BCUT2D eigenvalue weighted by atomic mass is 16.5. The highest BCUT2D eigenvalue weighted by molar-refractivity contribution is 5.94. The van der Waals surface area contributed by atoms with Crippen molar-refractivity contribution in [2.45, 2.75) is 12.5 Å². The zero-order chi connectivity index (χ0) is 18.6. The Kier molecular flexibility index (Phi) is 5.06. The van der Waals surface area contributed by atoms with E-state index in [4.69, 9.17) is 13.9 Å². The Morgan fingerprint density at radius 3 is 2.44 bits per heavy atom. The molecule has 8 heteroatoms. The zero-order valence-corrected chi connectivity index (χ0v) is 14.9. The van der Waals surface area contributed by atoms with Crippen LogP contribution in [-0.2, 0) is 4.74 Å². The molecule has 2 aromatic rings. The molecule has 0 aliphatic carbocycles. The standard InChI is InChI=1S/C19H21N3O5/c23-18(14-3-4-17(20-12-14)27-15-5-11-25-13-15)21-6-8-22(9-7-21)19(24)16-2-1-10-26-16/h1-4,10,12,15H,5-9,11,13H2. The fourth-order valence-electron chi connectivity index (χ4n) is 3.20. The Morgan fingerprint density at radius 2 is 1.85 bits per heavy atom. The lowest BCUT2D eigenvalue weighted by Crippen LogP contribution is -2.50. The Balaban J connectivity index is 1.31. The summed E-state index contributed by atoms with van der Waals surface area (Å²) in [6.45, 7) is 3.17. The number of ether oxygens (including phenoxy) is 2. The van der Waals surface area contributed by atoms with Crippen LogP contribution in [0.2, 0.25) is 0 Å². The van der Waals surface area contributed by atoms with Gasteiger partial charge in [-0.1, -0.05) is 0 Å². The van der Waals surface area contributed by atoms with Gasteiger partial charge in [0.1, 0.15) is 6.10 Å². The van der Waals surface area contributed by atoms with Crippen molar-refractivity contribution >= 4 is 11.8 Å². The maximum Gasteiger partial charge on any atom is 0.289 e. The lowest BCUT2D eigenvalue weighted by atomic mass is 10.2. The summed E-state index contributed by atoms with van der Waals surface area (Å²) in [5.41, 5.74) is 0.510. The van der Waals surface area contributed by atoms with Crippen molar-refractivity contribution in [3.05, 3.63) is 48.0 Å². The van der Waals surface area contributed by atoms with Gasteiger partial charge in [-0.2, -0.15) is 0 Å². The second-order valence-corrected chi connectivity index (χ2v) is 6.55. The molecule has 2 aromatic heterocycles. The lowest BCUT2D eigenvalue weighted by molar-refractivity contribution is 0.0518. The Bertz CT molecular complexity index is 776. The first-order valence-corrected chi connectivity index (χ1v) is 9.03. The van der Waals surface area contributed by atoms with Crippen LogP contribution in [0.4, 0.5) is 0 Å². The summed E-state index contributed by atoms with van der Waals surface area (Å²) in [7, 11) is 0. The molecule has 0 aromatic carbocycles. The summed E-state index contributed by atoms with van der Waals surface area (Å²) in [6.07, 6.45) is 3.89. The third kappa shape index (κ3) is 3.95. The van der Waals surface area contributed by atoms with Gasteiger partial charge in [0.05, 0.1) is 25.0 Å². The molecule has 8 nitrogen and oxygen atoms in total. The van der Waals surface area contributed by atoms with Crippen LogP contribution >= 0.6 is 0 Å². The topological polar surface area (TPSA) is 85.1 Å². The number of carbonyl (C=O) groups is 2. The van der Waals surface area contributed by atoms with Gasteiger partial charge in [-0.3, -0.25) is 9.59 Å². The Hall–Kier alpha value is -2.87. The van der Waals surface area contributed by atoms with E-state index < -0.39 is 0 Å². The molecule has 142 valence electrons. The molecule has 2 aliphatic heterocycles. The van der Waals surface area contributed by atoms with Crippen molar-refractivity contribution in [1.29, 1.82) is 0 Å². The number of carbonyl (C=O) groups excluding carboxylic acids is 2. The monoisotopic (exact) mass is 371 g/mol. The molecule has 0 N–H and O–H groups in total. The van der Waals surface area contributed by atoms with E-state index >= 15 is 0 Å². The SMILES string of the molecule is O=C(c1ccc(OC2CCOC2)nc1)N1CCN(C(=O)c2ccco2)CC1.